The van der Waals surface area contributed by atoms with Gasteiger partial charge >= 0.3 is 449 Å². The summed E-state index contributed by atoms with van der Waals surface area (Å²) in [6.07, 6.45) is 57.8. The van der Waals surface area contributed by atoms with Crippen molar-refractivity contribution in [3.05, 3.63) is 46.5 Å². The summed E-state index contributed by atoms with van der Waals surface area (Å²) in [7, 11) is -1.02. The molecule has 0 saturated carbocycles. The van der Waals surface area contributed by atoms with Gasteiger partial charge in [-0.25, -0.2) is 0 Å². The predicted molar refractivity (Wildman–Crippen MR) is 396 cm³/mol. The molecule has 12 heteroatoms. The fraction of sp³-hybridized carbons (Fsp3) is 0.775. The van der Waals surface area contributed by atoms with Gasteiger partial charge in [-0.2, -0.15) is 0 Å². The van der Waals surface area contributed by atoms with Crippen molar-refractivity contribution in [3.8, 4) is 22.3 Å². The number of nitrogens with zero attached hydrogens (tertiary/aromatic N) is 4. The monoisotopic (exact) mass is 1390 g/mol. The number of hydrogen-bond donors (Lipinski definition) is 0. The predicted octanol–water partition coefficient (Wildman–Crippen LogP) is 22.1. The molecule has 4 heterocycles. The number of fused-ring (bicyclic) bond motifs is 10. The third-order valence-corrected chi connectivity index (χ3v) is 26.0. The summed E-state index contributed by atoms with van der Waals surface area (Å²) in [4.78, 5) is 0. The average molecular weight is 1390 g/mol. The van der Waals surface area contributed by atoms with Crippen molar-refractivity contribution < 1.29 is 18.6 Å². The zero-order valence-corrected chi connectivity index (χ0v) is 64.2. The Kier molecular flexibility index (Phi) is 28.2. The van der Waals surface area contributed by atoms with Crippen molar-refractivity contribution in [1.82, 2.24) is 15.9 Å². The van der Waals surface area contributed by atoms with Gasteiger partial charge in [0.05, 0.1) is 0 Å². The first-order valence-corrected chi connectivity index (χ1v) is 42.1. The molecule has 9 rings (SSSR count). The molecule has 0 atom stereocenters. The molecule has 510 valence electrons. The van der Waals surface area contributed by atoms with Gasteiger partial charge < -0.3 is 0 Å². The first-order valence-electron chi connectivity index (χ1n) is 39.0. The molecule has 8 nitrogen and oxygen atoms in total. The summed E-state index contributed by atoms with van der Waals surface area (Å²) in [6, 6.07) is 10.8. The van der Waals surface area contributed by atoms with Gasteiger partial charge in [-0.15, -0.1) is 0 Å². The Hall–Kier alpha value is -2.13. The molecular weight excluding hydrogens is 1260 g/mol. The third kappa shape index (κ3) is 17.3. The van der Waals surface area contributed by atoms with Crippen molar-refractivity contribution in [1.29, 1.82) is 0 Å². The fourth-order valence-corrected chi connectivity index (χ4v) is 19.0. The van der Waals surface area contributed by atoms with Crippen molar-refractivity contribution in [2.75, 3.05) is 0 Å². The molecule has 0 bridgehead atoms. The second-order valence-corrected chi connectivity index (χ2v) is 33.9. The molecule has 2 aromatic heterocycles. The van der Waals surface area contributed by atoms with E-state index in [1.165, 1.54) is 301 Å². The summed E-state index contributed by atoms with van der Waals surface area (Å²) in [5, 5.41) is 0. The standard InChI is InChI=1S/C80H128B2N4O4Se2/c1-13-17-21-25-29-33-37-41-45-49-53-79(54-50-46-42-38-34-30-26-22-18-14-2)63-57-62-64(58-61(63)69-65(79)59-67(71-73(69)85-91-83-71)81-87-75(5,6)76(7,8)88-81)80(55-51-47-43-39-35-31-27-23-19-15-3,56-52-48-44-40-36-32-28-24-20-16-4)66-60-68(72-74(70(62)66)86-92-84-72)82-89-77(9,10)78(11,12)90-82/h57-60H,13-56H2,1-12H3. The maximum absolute atomic E-state index is 7.08. The van der Waals surface area contributed by atoms with Crippen molar-refractivity contribution in [3.63, 3.8) is 0 Å². The number of benzene rings is 3. The molecule has 2 fully saturated rings. The Morgan fingerprint density at radius 2 is 0.500 bits per heavy atom. The molecule has 2 saturated heterocycles. The van der Waals surface area contributed by atoms with E-state index in [0.717, 1.165) is 58.7 Å². The summed E-state index contributed by atoms with van der Waals surface area (Å²) >= 11 is -0.513. The van der Waals surface area contributed by atoms with Crippen LogP contribution in [-0.4, -0.2) is 82.5 Å². The van der Waals surface area contributed by atoms with Crippen LogP contribution in [0.3, 0.4) is 0 Å². The van der Waals surface area contributed by atoms with Gasteiger partial charge in [0.2, 0.25) is 0 Å². The maximum atomic E-state index is 7.08. The third-order valence-electron chi connectivity index (χ3n) is 23.7. The zero-order chi connectivity index (χ0) is 65.2. The number of aromatic nitrogens is 4. The van der Waals surface area contributed by atoms with Crippen LogP contribution in [0.25, 0.3) is 44.3 Å². The van der Waals surface area contributed by atoms with Gasteiger partial charge in [0.15, 0.2) is 0 Å². The van der Waals surface area contributed by atoms with E-state index in [0.29, 0.717) is 0 Å². The van der Waals surface area contributed by atoms with Crippen LogP contribution in [0.5, 0.6) is 0 Å². The van der Waals surface area contributed by atoms with Gasteiger partial charge in [0.25, 0.3) is 0 Å². The van der Waals surface area contributed by atoms with Crippen molar-refractivity contribution in [2.45, 2.75) is 399 Å². The number of unbranched alkanes of at least 4 members (excludes halogenated alkanes) is 36. The second kappa shape index (κ2) is 35.1. The van der Waals surface area contributed by atoms with E-state index < -0.39 is 36.6 Å². The van der Waals surface area contributed by atoms with Gasteiger partial charge in [-0.1, -0.05) is 130 Å². The van der Waals surface area contributed by atoms with Gasteiger partial charge in [-0.05, 0) is 0 Å². The Morgan fingerprint density at radius 3 is 0.739 bits per heavy atom. The van der Waals surface area contributed by atoms with E-state index in [9.17, 15) is 0 Å². The average Bonchev–Trinajstić information content (AvgIpc) is 1.52. The summed E-state index contributed by atoms with van der Waals surface area (Å²) in [5.41, 5.74) is 15.7. The molecule has 2 aliphatic carbocycles. The first kappa shape index (κ1) is 74.1. The molecule has 3 aromatic carbocycles. The van der Waals surface area contributed by atoms with E-state index in [1.54, 1.807) is 0 Å². The van der Waals surface area contributed by atoms with Crippen molar-refractivity contribution in [2.24, 2.45) is 0 Å². The van der Waals surface area contributed by atoms with E-state index in [-0.39, 0.29) is 40.8 Å². The van der Waals surface area contributed by atoms with Crippen LogP contribution in [-0.2, 0) is 29.4 Å². The van der Waals surface area contributed by atoms with Gasteiger partial charge in [0, 0.05) is 0 Å². The molecule has 4 aliphatic rings. The Labute approximate surface area is 575 Å². The minimum absolute atomic E-state index is 0.214. The minimum atomic E-state index is -0.511. The Balaban J connectivity index is 1.19. The molecule has 2 aliphatic heterocycles. The van der Waals surface area contributed by atoms with E-state index in [2.05, 4.69) is 107 Å². The molecule has 0 radical (unpaired) electrons. The Bertz CT molecular complexity index is 2770. The quantitative estimate of drug-likeness (QED) is 0.0281. The molecule has 0 N–H and O–H groups in total. The molecule has 92 heavy (non-hydrogen) atoms. The van der Waals surface area contributed by atoms with Crippen LogP contribution in [0.4, 0.5) is 0 Å². The summed E-state index contributed by atoms with van der Waals surface area (Å²) in [5.74, 6) is 0. The van der Waals surface area contributed by atoms with E-state index in [1.807, 2.05) is 0 Å². The molecule has 0 spiro atoms. The number of hydrogen-bond acceptors (Lipinski definition) is 8. The zero-order valence-electron chi connectivity index (χ0n) is 60.8. The van der Waals surface area contributed by atoms with E-state index >= 15 is 0 Å². The second-order valence-electron chi connectivity index (χ2n) is 31.7. The fourth-order valence-electron chi connectivity index (χ4n) is 16.6. The molecule has 5 aromatic rings. The van der Waals surface area contributed by atoms with Gasteiger partial charge in [0.1, 0.15) is 0 Å². The molecule has 0 amide bonds. The van der Waals surface area contributed by atoms with Crippen LogP contribution in [0, 0.1) is 0 Å². The topological polar surface area (TPSA) is 88.5 Å². The SMILES string of the molecule is CCCCCCCCCCCCC1(CCCCCCCCCCCC)c2cc3c(cc2-c2c1cc(B1OC(C)(C)C(C)(C)O1)c1n[se]nc21)C(CCCCCCCCCCCC)(CCCCCCCCCCCC)c1cc(B2OC(C)(C)C(C)(C)O2)c2n[se]nc2c1-3. The van der Waals surface area contributed by atoms with E-state index in [4.69, 9.17) is 34.5 Å². The summed E-state index contributed by atoms with van der Waals surface area (Å²) < 4.78 is 50.3. The van der Waals surface area contributed by atoms with Gasteiger partial charge in [-0.3, -0.25) is 0 Å². The molecular formula is C80H128B2N4O4Se2. The number of rotatable bonds is 46. The normalized spacial score (nSPS) is 17.8. The molecule has 0 unspecified atom stereocenters. The summed E-state index contributed by atoms with van der Waals surface area (Å²) in [6.45, 7) is 27.0. The van der Waals surface area contributed by atoms with Crippen molar-refractivity contribution >= 4 is 77.2 Å². The van der Waals surface area contributed by atoms with Crippen LogP contribution in [0.1, 0.15) is 388 Å². The van der Waals surface area contributed by atoms with Crippen LogP contribution in [0.2, 0.25) is 0 Å². The van der Waals surface area contributed by atoms with Crippen LogP contribution in [0.15, 0.2) is 24.3 Å². The van der Waals surface area contributed by atoms with Crippen LogP contribution < -0.4 is 10.9 Å². The van der Waals surface area contributed by atoms with Crippen LogP contribution >= 0.6 is 0 Å². The Morgan fingerprint density at radius 1 is 0.283 bits per heavy atom. The first-order chi connectivity index (χ1) is 44.5.